The first-order valence-corrected chi connectivity index (χ1v) is 11.4. The topological polar surface area (TPSA) is 71.1 Å². The fourth-order valence-electron chi connectivity index (χ4n) is 3.58. The van der Waals surface area contributed by atoms with Gasteiger partial charge in [0.2, 0.25) is 5.75 Å². The molecule has 0 saturated carbocycles. The Kier molecular flexibility index (Phi) is 12.5. The van der Waals surface area contributed by atoms with E-state index in [1.165, 1.54) is 12.7 Å². The molecule has 1 aromatic carbocycles. The summed E-state index contributed by atoms with van der Waals surface area (Å²) in [6.45, 7) is 8.09. The number of carbonyl (C=O) groups excluding carboxylic acids is 2. The van der Waals surface area contributed by atoms with Crippen LogP contribution in [0.1, 0.15) is 81.9 Å². The van der Waals surface area contributed by atoms with Gasteiger partial charge in [-0.15, -0.1) is 0 Å². The SMILES string of the molecule is COC(=O)CCCCCCCCC(=O)Oc1c(CC=C(C)C)c(C)c(C)c(OC)c1OC. The summed E-state index contributed by atoms with van der Waals surface area (Å²) in [6.07, 6.45) is 9.22. The first-order chi connectivity index (χ1) is 15.3. The monoisotopic (exact) mass is 448 g/mol. The van der Waals surface area contributed by atoms with E-state index in [0.29, 0.717) is 36.5 Å². The lowest BCUT2D eigenvalue weighted by Crippen LogP contribution is -2.12. The zero-order valence-electron chi connectivity index (χ0n) is 20.9. The number of hydrogen-bond donors (Lipinski definition) is 0. The molecule has 32 heavy (non-hydrogen) atoms. The summed E-state index contributed by atoms with van der Waals surface area (Å²) in [5, 5.41) is 0. The van der Waals surface area contributed by atoms with Crippen molar-refractivity contribution in [2.45, 2.75) is 85.5 Å². The molecule has 0 aliphatic carbocycles. The fourth-order valence-corrected chi connectivity index (χ4v) is 3.58. The zero-order chi connectivity index (χ0) is 24.1. The van der Waals surface area contributed by atoms with Crippen molar-refractivity contribution in [3.05, 3.63) is 28.3 Å². The molecule has 0 heterocycles. The van der Waals surface area contributed by atoms with E-state index in [0.717, 1.165) is 55.2 Å². The number of benzene rings is 1. The second-order valence-electron chi connectivity index (χ2n) is 8.28. The Morgan fingerprint density at radius 2 is 1.25 bits per heavy atom. The Bertz CT molecular complexity index is 790. The molecule has 0 aliphatic rings. The van der Waals surface area contributed by atoms with E-state index < -0.39 is 0 Å². The van der Waals surface area contributed by atoms with Gasteiger partial charge in [-0.05, 0) is 58.1 Å². The molecule has 0 fully saturated rings. The van der Waals surface area contributed by atoms with Gasteiger partial charge in [0.25, 0.3) is 0 Å². The molecule has 0 unspecified atom stereocenters. The number of carbonyl (C=O) groups is 2. The van der Waals surface area contributed by atoms with E-state index in [1.807, 2.05) is 27.7 Å². The highest BCUT2D eigenvalue weighted by Gasteiger charge is 2.24. The molecule has 0 radical (unpaired) electrons. The molecular weight excluding hydrogens is 408 g/mol. The first-order valence-electron chi connectivity index (χ1n) is 11.4. The standard InChI is InChI=1S/C26H40O6/c1-18(2)16-17-21-19(3)20(4)24(30-6)26(31-7)25(21)32-23(28)15-13-11-9-8-10-12-14-22(27)29-5/h16H,8-15,17H2,1-7H3. The van der Waals surface area contributed by atoms with Gasteiger partial charge in [-0.25, -0.2) is 0 Å². The molecular formula is C26H40O6. The number of unbranched alkanes of at least 4 members (excludes halogenated alkanes) is 5. The average molecular weight is 449 g/mol. The number of hydrogen-bond acceptors (Lipinski definition) is 6. The van der Waals surface area contributed by atoms with Crippen LogP contribution < -0.4 is 14.2 Å². The maximum atomic E-state index is 12.6. The third-order valence-corrected chi connectivity index (χ3v) is 5.62. The highest BCUT2D eigenvalue weighted by molar-refractivity contribution is 5.76. The molecule has 1 rings (SSSR count). The smallest absolute Gasteiger partial charge is 0.311 e. The van der Waals surface area contributed by atoms with Crippen molar-refractivity contribution in [2.75, 3.05) is 21.3 Å². The van der Waals surface area contributed by atoms with Crippen LogP contribution in [0.4, 0.5) is 0 Å². The molecule has 0 N–H and O–H groups in total. The van der Waals surface area contributed by atoms with Crippen LogP contribution in [-0.2, 0) is 20.7 Å². The van der Waals surface area contributed by atoms with E-state index in [1.54, 1.807) is 14.2 Å². The second kappa shape index (κ2) is 14.5. The maximum absolute atomic E-state index is 12.6. The number of methoxy groups -OCH3 is 3. The molecule has 0 bridgehead atoms. The highest BCUT2D eigenvalue weighted by Crippen LogP contribution is 2.45. The van der Waals surface area contributed by atoms with Crippen LogP contribution in [-0.4, -0.2) is 33.3 Å². The van der Waals surface area contributed by atoms with Crippen LogP contribution >= 0.6 is 0 Å². The van der Waals surface area contributed by atoms with Crippen LogP contribution in [0.2, 0.25) is 0 Å². The first kappa shape index (κ1) is 27.5. The van der Waals surface area contributed by atoms with Crippen LogP contribution in [0, 0.1) is 13.8 Å². The van der Waals surface area contributed by atoms with Crippen LogP contribution in [0.25, 0.3) is 0 Å². The molecule has 180 valence electrons. The molecule has 6 nitrogen and oxygen atoms in total. The Hall–Kier alpha value is -2.50. The average Bonchev–Trinajstić information content (AvgIpc) is 2.76. The van der Waals surface area contributed by atoms with Crippen molar-refractivity contribution < 1.29 is 28.5 Å². The number of esters is 2. The summed E-state index contributed by atoms with van der Waals surface area (Å²) >= 11 is 0. The van der Waals surface area contributed by atoms with Gasteiger partial charge in [0.05, 0.1) is 21.3 Å². The van der Waals surface area contributed by atoms with Gasteiger partial charge in [0.1, 0.15) is 0 Å². The summed E-state index contributed by atoms with van der Waals surface area (Å²) < 4.78 is 21.6. The van der Waals surface area contributed by atoms with E-state index in [9.17, 15) is 9.59 Å². The molecule has 0 aliphatic heterocycles. The van der Waals surface area contributed by atoms with Crippen LogP contribution in [0.5, 0.6) is 17.2 Å². The minimum Gasteiger partial charge on any atom is -0.492 e. The van der Waals surface area contributed by atoms with Gasteiger partial charge >= 0.3 is 11.9 Å². The van der Waals surface area contributed by atoms with E-state index >= 15 is 0 Å². The predicted molar refractivity (Wildman–Crippen MR) is 127 cm³/mol. The molecule has 0 atom stereocenters. The lowest BCUT2D eigenvalue weighted by molar-refractivity contribution is -0.140. The van der Waals surface area contributed by atoms with Gasteiger partial charge in [0, 0.05) is 18.4 Å². The summed E-state index contributed by atoms with van der Waals surface area (Å²) in [7, 11) is 4.57. The van der Waals surface area contributed by atoms with E-state index in [2.05, 4.69) is 10.8 Å². The maximum Gasteiger partial charge on any atom is 0.311 e. The molecule has 0 amide bonds. The summed E-state index contributed by atoms with van der Waals surface area (Å²) in [5.74, 6) is 1.10. The van der Waals surface area contributed by atoms with Crippen LogP contribution in [0.15, 0.2) is 11.6 Å². The summed E-state index contributed by atoms with van der Waals surface area (Å²) in [6, 6.07) is 0. The summed E-state index contributed by atoms with van der Waals surface area (Å²) in [4.78, 5) is 23.7. The lowest BCUT2D eigenvalue weighted by atomic mass is 9.97. The quantitative estimate of drug-likeness (QED) is 0.150. The lowest BCUT2D eigenvalue weighted by Gasteiger charge is -2.21. The van der Waals surface area contributed by atoms with Crippen molar-refractivity contribution in [1.82, 2.24) is 0 Å². The van der Waals surface area contributed by atoms with Crippen LogP contribution in [0.3, 0.4) is 0 Å². The molecule has 6 heteroatoms. The summed E-state index contributed by atoms with van der Waals surface area (Å²) in [5.41, 5.74) is 4.16. The van der Waals surface area contributed by atoms with Crippen molar-refractivity contribution in [2.24, 2.45) is 0 Å². The zero-order valence-corrected chi connectivity index (χ0v) is 20.9. The predicted octanol–water partition coefficient (Wildman–Crippen LogP) is 6.03. The van der Waals surface area contributed by atoms with Crippen molar-refractivity contribution in [3.8, 4) is 17.2 Å². The third-order valence-electron chi connectivity index (χ3n) is 5.62. The highest BCUT2D eigenvalue weighted by atomic mass is 16.6. The van der Waals surface area contributed by atoms with Gasteiger partial charge in [-0.1, -0.05) is 37.3 Å². The van der Waals surface area contributed by atoms with E-state index in [4.69, 9.17) is 14.2 Å². The van der Waals surface area contributed by atoms with Crippen molar-refractivity contribution in [1.29, 1.82) is 0 Å². The van der Waals surface area contributed by atoms with Crippen molar-refractivity contribution in [3.63, 3.8) is 0 Å². The van der Waals surface area contributed by atoms with E-state index in [-0.39, 0.29) is 11.9 Å². The third kappa shape index (κ3) is 8.56. The van der Waals surface area contributed by atoms with Gasteiger partial charge in [-0.2, -0.15) is 0 Å². The Morgan fingerprint density at radius 1 is 0.719 bits per heavy atom. The minimum absolute atomic E-state index is 0.157. The van der Waals surface area contributed by atoms with Gasteiger partial charge < -0.3 is 18.9 Å². The fraction of sp³-hybridized carbons (Fsp3) is 0.615. The minimum atomic E-state index is -0.266. The second-order valence-corrected chi connectivity index (χ2v) is 8.28. The Labute approximate surface area is 193 Å². The Morgan fingerprint density at radius 3 is 1.75 bits per heavy atom. The van der Waals surface area contributed by atoms with Crippen molar-refractivity contribution >= 4 is 11.9 Å². The number of rotatable bonds is 14. The number of ether oxygens (including phenoxy) is 4. The normalized spacial score (nSPS) is 10.5. The van der Waals surface area contributed by atoms with Gasteiger partial charge in [-0.3, -0.25) is 9.59 Å². The Balaban J connectivity index is 2.74. The molecule has 0 saturated heterocycles. The largest absolute Gasteiger partial charge is 0.492 e. The molecule has 0 aromatic heterocycles. The molecule has 1 aromatic rings. The molecule has 0 spiro atoms. The number of allylic oxidation sites excluding steroid dienone is 2. The van der Waals surface area contributed by atoms with Gasteiger partial charge in [0.15, 0.2) is 11.5 Å².